The van der Waals surface area contributed by atoms with Crippen LogP contribution in [0.2, 0.25) is 0 Å². The van der Waals surface area contributed by atoms with Crippen LogP contribution in [0.15, 0.2) is 70.6 Å². The Morgan fingerprint density at radius 1 is 1.03 bits per heavy atom. The van der Waals surface area contributed by atoms with Crippen LogP contribution in [0.1, 0.15) is 6.42 Å². The number of nitrogens with zero attached hydrogens (tertiary/aromatic N) is 3. The van der Waals surface area contributed by atoms with Crippen molar-refractivity contribution in [3.05, 3.63) is 60.7 Å². The van der Waals surface area contributed by atoms with Crippen molar-refractivity contribution in [3.8, 4) is 0 Å². The van der Waals surface area contributed by atoms with Crippen LogP contribution in [0.3, 0.4) is 0 Å². The number of benzene rings is 3. The Hall–Kier alpha value is -2.90. The van der Waals surface area contributed by atoms with Gasteiger partial charge < -0.3 is 9.80 Å². The Balaban J connectivity index is 1.61. The van der Waals surface area contributed by atoms with Crippen molar-refractivity contribution in [1.29, 1.82) is 0 Å². The van der Waals surface area contributed by atoms with E-state index >= 15 is 0 Å². The summed E-state index contributed by atoms with van der Waals surface area (Å²) in [6.45, 7) is 1.89. The van der Waals surface area contributed by atoms with Gasteiger partial charge in [0.15, 0.2) is 5.03 Å². The fourth-order valence-electron chi connectivity index (χ4n) is 4.31. The second-order valence-corrected chi connectivity index (χ2v) is 9.92. The molecule has 1 fully saturated rings. The summed E-state index contributed by atoms with van der Waals surface area (Å²) in [5.74, 6) is 0. The van der Waals surface area contributed by atoms with Crippen molar-refractivity contribution in [2.24, 2.45) is 0 Å². The highest BCUT2D eigenvalue weighted by atomic mass is 32.2. The molecule has 1 aromatic heterocycles. The number of H-pyrrole nitrogens is 1. The third kappa shape index (κ3) is 3.05. The minimum Gasteiger partial charge on any atom is -0.370 e. The molecule has 154 valence electrons. The van der Waals surface area contributed by atoms with E-state index in [2.05, 4.69) is 34.1 Å². The van der Waals surface area contributed by atoms with Crippen molar-refractivity contribution < 1.29 is 8.42 Å². The summed E-state index contributed by atoms with van der Waals surface area (Å²) in [6.07, 6.45) is 1.09. The maximum Gasteiger partial charge on any atom is 0.226 e. The van der Waals surface area contributed by atoms with Gasteiger partial charge in [0.1, 0.15) is 0 Å². The van der Waals surface area contributed by atoms with Crippen LogP contribution in [0, 0.1) is 0 Å². The molecule has 7 heteroatoms. The molecule has 1 atom stereocenters. The lowest BCUT2D eigenvalue weighted by Crippen LogP contribution is -2.31. The van der Waals surface area contributed by atoms with E-state index in [9.17, 15) is 8.42 Å². The van der Waals surface area contributed by atoms with Gasteiger partial charge in [-0.25, -0.2) is 8.42 Å². The number of likely N-dealkylation sites (N-methyl/N-ethyl adjacent to an activating group) is 1. The number of aromatic nitrogens is 2. The molecule has 4 aromatic rings. The lowest BCUT2D eigenvalue weighted by Gasteiger charge is -2.22. The summed E-state index contributed by atoms with van der Waals surface area (Å²) < 4.78 is 27.2. The topological polar surface area (TPSA) is 69.3 Å². The number of fused-ring (bicyclic) bond motifs is 2. The third-order valence-electron chi connectivity index (χ3n) is 6.06. The number of hydrogen-bond acceptors (Lipinski definition) is 5. The summed E-state index contributed by atoms with van der Waals surface area (Å²) in [7, 11) is 0.417. The monoisotopic (exact) mass is 420 g/mol. The van der Waals surface area contributed by atoms with Crippen molar-refractivity contribution in [2.75, 3.05) is 32.1 Å². The van der Waals surface area contributed by atoms with Gasteiger partial charge in [0, 0.05) is 35.6 Å². The van der Waals surface area contributed by atoms with E-state index in [0.717, 1.165) is 36.1 Å². The number of aromatic amines is 1. The third-order valence-corrected chi connectivity index (χ3v) is 7.82. The maximum absolute atomic E-state index is 13.6. The predicted molar refractivity (Wildman–Crippen MR) is 120 cm³/mol. The van der Waals surface area contributed by atoms with E-state index in [1.54, 1.807) is 12.1 Å². The first-order valence-electron chi connectivity index (χ1n) is 10.1. The van der Waals surface area contributed by atoms with Crippen molar-refractivity contribution in [2.45, 2.75) is 22.4 Å². The van der Waals surface area contributed by atoms with Crippen molar-refractivity contribution in [3.63, 3.8) is 0 Å². The summed E-state index contributed by atoms with van der Waals surface area (Å²) in [6, 6.07) is 19.3. The quantitative estimate of drug-likeness (QED) is 0.545. The van der Waals surface area contributed by atoms with E-state index in [4.69, 9.17) is 0 Å². The van der Waals surface area contributed by atoms with Crippen LogP contribution < -0.4 is 4.90 Å². The summed E-state index contributed by atoms with van der Waals surface area (Å²) in [5.41, 5.74) is 1.75. The molecule has 0 amide bonds. The molecule has 1 N–H and O–H groups in total. The standard InChI is InChI=1S/C23H24N4O2S/c1-26(2)18-12-13-27(15-18)17-10-11-21-20(14-17)23(25-24-21)30(28,29)22-9-5-7-16-6-3-4-8-19(16)22/h3-11,14,18H,12-13,15H2,1-2H3,(H,24,25)/t18-/m0/s1. The average Bonchev–Trinajstić information content (AvgIpc) is 3.40. The zero-order valence-corrected chi connectivity index (χ0v) is 17.9. The van der Waals surface area contributed by atoms with Crippen molar-refractivity contribution in [1.82, 2.24) is 15.1 Å². The van der Waals surface area contributed by atoms with Gasteiger partial charge in [-0.05, 0) is 50.2 Å². The number of rotatable bonds is 4. The number of sulfone groups is 1. The summed E-state index contributed by atoms with van der Waals surface area (Å²) >= 11 is 0. The molecular formula is C23H24N4O2S. The second-order valence-electron chi connectivity index (χ2n) is 8.09. The zero-order valence-electron chi connectivity index (χ0n) is 17.0. The largest absolute Gasteiger partial charge is 0.370 e. The lowest BCUT2D eigenvalue weighted by molar-refractivity contribution is 0.315. The Labute approximate surface area is 176 Å². The SMILES string of the molecule is CN(C)[C@H]1CCN(c2ccc3[nH]nc(S(=O)(=O)c4cccc5ccccc45)c3c2)C1. The molecule has 0 aliphatic carbocycles. The fourth-order valence-corrected chi connectivity index (χ4v) is 5.88. The molecule has 3 aromatic carbocycles. The summed E-state index contributed by atoms with van der Waals surface area (Å²) in [5, 5.41) is 9.44. The van der Waals surface area contributed by atoms with Gasteiger partial charge in [0.2, 0.25) is 9.84 Å². The molecule has 5 rings (SSSR count). The number of hydrogen-bond donors (Lipinski definition) is 1. The predicted octanol–water partition coefficient (Wildman–Crippen LogP) is 3.69. The highest BCUT2D eigenvalue weighted by molar-refractivity contribution is 7.91. The summed E-state index contributed by atoms with van der Waals surface area (Å²) in [4.78, 5) is 4.84. The molecule has 1 aliphatic rings. The van der Waals surface area contributed by atoms with Gasteiger partial charge in [-0.2, -0.15) is 5.10 Å². The zero-order chi connectivity index (χ0) is 20.9. The van der Waals surface area contributed by atoms with Gasteiger partial charge in [-0.1, -0.05) is 36.4 Å². The van der Waals surface area contributed by atoms with E-state index in [1.807, 2.05) is 48.5 Å². The van der Waals surface area contributed by atoms with E-state index in [-0.39, 0.29) is 9.92 Å². The highest BCUT2D eigenvalue weighted by Gasteiger charge is 2.28. The maximum atomic E-state index is 13.6. The molecule has 2 heterocycles. The average molecular weight is 421 g/mol. The van der Waals surface area contributed by atoms with Crippen LogP contribution in [0.5, 0.6) is 0 Å². The Morgan fingerprint density at radius 2 is 1.83 bits per heavy atom. The molecule has 30 heavy (non-hydrogen) atoms. The first-order valence-corrected chi connectivity index (χ1v) is 11.6. The van der Waals surface area contributed by atoms with Gasteiger partial charge in [0.25, 0.3) is 0 Å². The van der Waals surface area contributed by atoms with Crippen LogP contribution in [0.4, 0.5) is 5.69 Å². The molecule has 0 bridgehead atoms. The molecule has 0 radical (unpaired) electrons. The van der Waals surface area contributed by atoms with Crippen LogP contribution >= 0.6 is 0 Å². The lowest BCUT2D eigenvalue weighted by atomic mass is 10.1. The first kappa shape index (κ1) is 19.1. The minimum atomic E-state index is -3.78. The number of anilines is 1. The Morgan fingerprint density at radius 3 is 2.63 bits per heavy atom. The van der Waals surface area contributed by atoms with Gasteiger partial charge >= 0.3 is 0 Å². The Bertz CT molecular complexity index is 1340. The normalized spacial score (nSPS) is 17.4. The van der Waals surface area contributed by atoms with Gasteiger partial charge in [0.05, 0.1) is 10.4 Å². The molecule has 0 saturated carbocycles. The molecule has 1 saturated heterocycles. The second kappa shape index (κ2) is 7.11. The molecule has 1 aliphatic heterocycles. The highest BCUT2D eigenvalue weighted by Crippen LogP contribution is 2.33. The number of nitrogens with one attached hydrogen (secondary N) is 1. The van der Waals surface area contributed by atoms with E-state index < -0.39 is 9.84 Å². The molecule has 6 nitrogen and oxygen atoms in total. The molecular weight excluding hydrogens is 396 g/mol. The minimum absolute atomic E-state index is 0.0825. The smallest absolute Gasteiger partial charge is 0.226 e. The van der Waals surface area contributed by atoms with Gasteiger partial charge in [-0.15, -0.1) is 0 Å². The van der Waals surface area contributed by atoms with Crippen LogP contribution in [-0.4, -0.2) is 56.7 Å². The molecule has 0 spiro atoms. The van der Waals surface area contributed by atoms with Crippen LogP contribution in [-0.2, 0) is 9.84 Å². The van der Waals surface area contributed by atoms with E-state index in [1.165, 1.54) is 0 Å². The van der Waals surface area contributed by atoms with Crippen LogP contribution in [0.25, 0.3) is 21.7 Å². The molecule has 0 unspecified atom stereocenters. The Kier molecular flexibility index (Phi) is 4.52. The van der Waals surface area contributed by atoms with Crippen molar-refractivity contribution >= 4 is 37.2 Å². The van der Waals surface area contributed by atoms with Gasteiger partial charge in [-0.3, -0.25) is 5.10 Å². The fraction of sp³-hybridized carbons (Fsp3) is 0.261. The van der Waals surface area contributed by atoms with E-state index in [0.29, 0.717) is 16.8 Å². The first-order chi connectivity index (χ1) is 14.4.